The number of carbonyl (C=O) groups is 1. The van der Waals surface area contributed by atoms with Crippen LogP contribution in [0.2, 0.25) is 0 Å². The molecule has 0 fully saturated rings. The fourth-order valence-electron chi connectivity index (χ4n) is 4.28. The Morgan fingerprint density at radius 2 is 2.10 bits per heavy atom. The molecular weight excluding hydrogens is 394 g/mol. The van der Waals surface area contributed by atoms with Gasteiger partial charge >= 0.3 is 5.97 Å². The predicted octanol–water partition coefficient (Wildman–Crippen LogP) is 4.67. The fourth-order valence-corrected chi connectivity index (χ4v) is 4.28. The van der Waals surface area contributed by atoms with Crippen molar-refractivity contribution in [3.8, 4) is 11.5 Å². The van der Waals surface area contributed by atoms with Crippen molar-refractivity contribution in [2.24, 2.45) is 10.5 Å². The van der Waals surface area contributed by atoms with Gasteiger partial charge in [0.1, 0.15) is 11.1 Å². The highest BCUT2D eigenvalue weighted by atomic mass is 16.4. The maximum atomic E-state index is 12.5. The molecule has 3 heterocycles. The molecule has 160 valence electrons. The first-order valence-corrected chi connectivity index (χ1v) is 10.1. The molecule has 0 saturated carbocycles. The number of fused-ring (bicyclic) bond motifs is 5. The van der Waals surface area contributed by atoms with E-state index in [-0.39, 0.29) is 17.0 Å². The first-order chi connectivity index (χ1) is 14.6. The Kier molecular flexibility index (Phi) is 4.84. The number of hydrogen-bond acceptors (Lipinski definition) is 5. The van der Waals surface area contributed by atoms with Crippen LogP contribution in [-0.2, 0) is 6.42 Å². The lowest BCUT2D eigenvalue weighted by molar-refractivity contribution is 0.0693. The number of pyridine rings is 1. The summed E-state index contributed by atoms with van der Waals surface area (Å²) in [4.78, 5) is 24.1. The molecule has 3 aromatic rings. The molecule has 1 aliphatic heterocycles. The van der Waals surface area contributed by atoms with Crippen LogP contribution in [0.15, 0.2) is 51.0 Å². The van der Waals surface area contributed by atoms with E-state index in [2.05, 4.69) is 38.0 Å². The second-order valence-electron chi connectivity index (χ2n) is 8.94. The van der Waals surface area contributed by atoms with E-state index < -0.39 is 11.4 Å². The minimum atomic E-state index is -1.23. The number of carboxylic acid groups (broad SMARTS) is 1. The highest BCUT2D eigenvalue weighted by Crippen LogP contribution is 2.46. The van der Waals surface area contributed by atoms with Crippen molar-refractivity contribution in [2.45, 2.75) is 40.2 Å². The minimum absolute atomic E-state index is 0.0403. The Morgan fingerprint density at radius 1 is 1.35 bits per heavy atom. The van der Waals surface area contributed by atoms with Crippen molar-refractivity contribution in [2.75, 3.05) is 0 Å². The number of allylic oxidation sites excluding steroid dienone is 1. The number of hydrogen-bond donors (Lipinski definition) is 2. The first kappa shape index (κ1) is 20.7. The molecule has 0 aliphatic carbocycles. The summed E-state index contributed by atoms with van der Waals surface area (Å²) in [5.41, 5.74) is 6.00. The smallest absolute Gasteiger partial charge is 0.341 e. The predicted molar refractivity (Wildman–Crippen MR) is 121 cm³/mol. The summed E-state index contributed by atoms with van der Waals surface area (Å²) in [6, 6.07) is 7.31. The van der Waals surface area contributed by atoms with Crippen molar-refractivity contribution in [3.63, 3.8) is 0 Å². The van der Waals surface area contributed by atoms with Gasteiger partial charge in [-0.1, -0.05) is 39.0 Å². The number of aromatic carboxylic acids is 1. The Morgan fingerprint density at radius 3 is 2.74 bits per heavy atom. The number of carboxylic acids is 1. The topological polar surface area (TPSA) is 96.8 Å². The van der Waals surface area contributed by atoms with Crippen LogP contribution in [-0.4, -0.2) is 22.4 Å². The number of nitrogens with zero attached hydrogens (tertiary/aromatic N) is 2. The average Bonchev–Trinajstić information content (AvgIpc) is 3.09. The van der Waals surface area contributed by atoms with Gasteiger partial charge in [-0.05, 0) is 24.3 Å². The monoisotopic (exact) mass is 419 g/mol. The standard InChI is InChI=1S/C24H25N3O4/c1-13(11-26-25-5)14-7-6-8-15-16-9-20(24(2,3)4)27-12-17(23(29)30)19(28)10-18(27)22(16)31-21(14)15/h6-8,10-12,20,26H,5,9H2,1-4H3,(H,29,30)/b13-11+/t20-/m0/s1. The van der Waals surface area contributed by atoms with E-state index >= 15 is 0 Å². The third kappa shape index (κ3) is 3.36. The van der Waals surface area contributed by atoms with Crippen LogP contribution in [0, 0.1) is 5.41 Å². The summed E-state index contributed by atoms with van der Waals surface area (Å²) in [5, 5.41) is 14.1. The molecule has 7 heteroatoms. The highest BCUT2D eigenvalue weighted by molar-refractivity contribution is 5.95. The number of hydrazone groups is 1. The molecular formula is C24H25N3O4. The zero-order valence-electron chi connectivity index (χ0n) is 18.0. The maximum absolute atomic E-state index is 12.5. The van der Waals surface area contributed by atoms with Gasteiger partial charge in [-0.3, -0.25) is 10.2 Å². The molecule has 1 aliphatic rings. The van der Waals surface area contributed by atoms with Gasteiger partial charge in [-0.15, -0.1) is 0 Å². The summed E-state index contributed by atoms with van der Waals surface area (Å²) in [6.07, 6.45) is 3.87. The van der Waals surface area contributed by atoms with E-state index in [4.69, 9.17) is 4.42 Å². The molecule has 2 aromatic heterocycles. The number of rotatable bonds is 4. The van der Waals surface area contributed by atoms with E-state index in [1.54, 1.807) is 6.20 Å². The van der Waals surface area contributed by atoms with Gasteiger partial charge in [0.2, 0.25) is 0 Å². The molecule has 1 atom stereocenters. The lowest BCUT2D eigenvalue weighted by Crippen LogP contribution is -2.32. The van der Waals surface area contributed by atoms with Crippen molar-refractivity contribution in [1.82, 2.24) is 9.99 Å². The third-order valence-corrected chi connectivity index (χ3v) is 5.89. The van der Waals surface area contributed by atoms with Crippen molar-refractivity contribution in [3.05, 3.63) is 63.6 Å². The summed E-state index contributed by atoms with van der Waals surface area (Å²) < 4.78 is 8.23. The second kappa shape index (κ2) is 7.27. The Balaban J connectivity index is 2.03. The molecule has 0 unspecified atom stereocenters. The van der Waals surface area contributed by atoms with Crippen LogP contribution in [0.25, 0.3) is 28.0 Å². The van der Waals surface area contributed by atoms with Gasteiger partial charge in [0.25, 0.3) is 0 Å². The maximum Gasteiger partial charge on any atom is 0.341 e. The first-order valence-electron chi connectivity index (χ1n) is 10.1. The minimum Gasteiger partial charge on any atom is -0.477 e. The molecule has 0 spiro atoms. The Labute approximate surface area is 179 Å². The number of benzene rings is 1. The Hall–Kier alpha value is -3.61. The van der Waals surface area contributed by atoms with Crippen LogP contribution in [0.5, 0.6) is 0 Å². The normalized spacial score (nSPS) is 16.0. The summed E-state index contributed by atoms with van der Waals surface area (Å²) >= 11 is 0. The molecule has 2 N–H and O–H groups in total. The third-order valence-electron chi connectivity index (χ3n) is 5.89. The van der Waals surface area contributed by atoms with Gasteiger partial charge in [-0.25, -0.2) is 4.79 Å². The molecule has 0 bridgehead atoms. The number of para-hydroxylation sites is 1. The Bertz CT molecular complexity index is 1300. The van der Waals surface area contributed by atoms with E-state index in [0.717, 1.165) is 27.7 Å². The van der Waals surface area contributed by atoms with E-state index in [9.17, 15) is 14.7 Å². The second-order valence-corrected chi connectivity index (χ2v) is 8.94. The van der Waals surface area contributed by atoms with Gasteiger partial charge in [0, 0.05) is 47.7 Å². The van der Waals surface area contributed by atoms with Gasteiger partial charge in [0.15, 0.2) is 11.2 Å². The van der Waals surface area contributed by atoms with Crippen LogP contribution in [0.3, 0.4) is 0 Å². The zero-order valence-corrected chi connectivity index (χ0v) is 18.0. The SMILES string of the molecule is C=NN/C=C(\C)c1cccc2c3c(oc12)-c1cc(=O)c(C(=O)O)cn1[C@H](C(C)(C)C)C3. The fraction of sp³-hybridized carbons (Fsp3) is 0.292. The van der Waals surface area contributed by atoms with Crippen molar-refractivity contribution in [1.29, 1.82) is 0 Å². The largest absolute Gasteiger partial charge is 0.477 e. The number of furan rings is 1. The number of aromatic nitrogens is 1. The van der Waals surface area contributed by atoms with Gasteiger partial charge in [-0.2, -0.15) is 5.10 Å². The molecule has 0 amide bonds. The summed E-state index contributed by atoms with van der Waals surface area (Å²) in [6.45, 7) is 11.7. The quantitative estimate of drug-likeness (QED) is 0.473. The molecule has 0 saturated heterocycles. The zero-order chi connectivity index (χ0) is 22.5. The molecule has 31 heavy (non-hydrogen) atoms. The van der Waals surface area contributed by atoms with E-state index in [1.807, 2.05) is 29.7 Å². The molecule has 7 nitrogen and oxygen atoms in total. The molecule has 0 radical (unpaired) electrons. The van der Waals surface area contributed by atoms with E-state index in [1.165, 1.54) is 12.3 Å². The number of nitrogens with one attached hydrogen (secondary N) is 1. The molecule has 4 rings (SSSR count). The van der Waals surface area contributed by atoms with Crippen LogP contribution in [0.4, 0.5) is 0 Å². The lowest BCUT2D eigenvalue weighted by atomic mass is 9.79. The van der Waals surface area contributed by atoms with Crippen LogP contribution in [0.1, 0.15) is 55.2 Å². The summed E-state index contributed by atoms with van der Waals surface area (Å²) in [7, 11) is 0. The summed E-state index contributed by atoms with van der Waals surface area (Å²) in [5.74, 6) is -0.616. The van der Waals surface area contributed by atoms with Gasteiger partial charge < -0.3 is 14.1 Å². The van der Waals surface area contributed by atoms with Crippen LogP contribution >= 0.6 is 0 Å². The average molecular weight is 419 g/mol. The van der Waals surface area contributed by atoms with Crippen LogP contribution < -0.4 is 10.9 Å². The van der Waals surface area contributed by atoms with E-state index in [0.29, 0.717) is 17.9 Å². The van der Waals surface area contributed by atoms with Crippen molar-refractivity contribution >= 4 is 29.2 Å². The highest BCUT2D eigenvalue weighted by Gasteiger charge is 2.36. The molecule has 1 aromatic carbocycles. The van der Waals surface area contributed by atoms with Crippen molar-refractivity contribution < 1.29 is 14.3 Å². The lowest BCUT2D eigenvalue weighted by Gasteiger charge is -2.37. The van der Waals surface area contributed by atoms with Gasteiger partial charge in [0.05, 0.1) is 5.69 Å².